The van der Waals surface area contributed by atoms with Crippen LogP contribution < -0.4 is 0 Å². The largest absolute Gasteiger partial charge is 0.289 e. The molecule has 7 rings (SSSR count). The van der Waals surface area contributed by atoms with Gasteiger partial charge in [0, 0.05) is 58.8 Å². The van der Waals surface area contributed by atoms with Crippen LogP contribution in [0.1, 0.15) is 42.8 Å². The summed E-state index contributed by atoms with van der Waals surface area (Å²) in [7, 11) is 0. The molecule has 0 saturated carbocycles. The number of ketones is 2. The highest BCUT2D eigenvalue weighted by atomic mass is 32.1. The molecular weight excluding hydrogens is 521 g/mol. The lowest BCUT2D eigenvalue weighted by molar-refractivity contribution is 0.0973. The predicted octanol–water partition coefficient (Wildman–Crippen LogP) is 9.21. The van der Waals surface area contributed by atoms with Crippen molar-refractivity contribution in [3.05, 3.63) is 120 Å². The highest BCUT2D eigenvalue weighted by molar-refractivity contribution is 7.14. The molecule has 0 amide bonds. The molecule has 0 radical (unpaired) electrons. The van der Waals surface area contributed by atoms with E-state index in [4.69, 9.17) is 0 Å². The SMILES string of the molecule is O=C1C2=C(C(=O)c3c(-c4cccs4)ccc(-c4cccs4)c31)C(c1cccs1)CC=C2c1cccs1. The van der Waals surface area contributed by atoms with Gasteiger partial charge >= 0.3 is 0 Å². The minimum absolute atomic E-state index is 0.0121. The molecule has 5 aromatic rings. The zero-order valence-electron chi connectivity index (χ0n) is 18.9. The summed E-state index contributed by atoms with van der Waals surface area (Å²) in [6, 6.07) is 20.2. The molecule has 1 aromatic carbocycles. The van der Waals surface area contributed by atoms with Crippen LogP contribution in [0.2, 0.25) is 0 Å². The number of hydrogen-bond acceptors (Lipinski definition) is 6. The molecule has 0 bridgehead atoms. The molecule has 1 atom stereocenters. The molecule has 2 aliphatic carbocycles. The Balaban J connectivity index is 1.54. The van der Waals surface area contributed by atoms with Crippen LogP contribution in [-0.4, -0.2) is 11.6 Å². The van der Waals surface area contributed by atoms with Crippen molar-refractivity contribution >= 4 is 62.5 Å². The molecular formula is C30H18O2S4. The molecule has 4 aromatic heterocycles. The van der Waals surface area contributed by atoms with Crippen LogP contribution in [0.25, 0.3) is 26.5 Å². The van der Waals surface area contributed by atoms with Crippen molar-refractivity contribution in [1.29, 1.82) is 0 Å². The van der Waals surface area contributed by atoms with Crippen molar-refractivity contribution in [3.63, 3.8) is 0 Å². The number of rotatable bonds is 4. The van der Waals surface area contributed by atoms with Gasteiger partial charge in [-0.2, -0.15) is 0 Å². The quantitative estimate of drug-likeness (QED) is 0.229. The summed E-state index contributed by atoms with van der Waals surface area (Å²) >= 11 is 6.45. The molecule has 174 valence electrons. The first-order valence-corrected chi connectivity index (χ1v) is 15.1. The highest BCUT2D eigenvalue weighted by Crippen LogP contribution is 2.51. The molecule has 2 nitrogen and oxygen atoms in total. The molecule has 0 aliphatic heterocycles. The first-order chi connectivity index (χ1) is 17.7. The number of fused-ring (bicyclic) bond motifs is 1. The molecule has 2 aliphatic rings. The Hall–Kier alpha value is -3.16. The Bertz CT molecular complexity index is 1660. The van der Waals surface area contributed by atoms with Crippen LogP contribution in [0.15, 0.2) is 99.4 Å². The number of Topliss-reactive ketones (excluding diaryl/α,β-unsaturated/α-hetero) is 2. The number of carbonyl (C=O) groups is 2. The van der Waals surface area contributed by atoms with Gasteiger partial charge in [-0.25, -0.2) is 0 Å². The van der Waals surface area contributed by atoms with Gasteiger partial charge in [-0.1, -0.05) is 42.5 Å². The second kappa shape index (κ2) is 8.75. The second-order valence-corrected chi connectivity index (χ2v) is 12.5. The summed E-state index contributed by atoms with van der Waals surface area (Å²) < 4.78 is 0. The van der Waals surface area contributed by atoms with Crippen molar-refractivity contribution in [2.75, 3.05) is 0 Å². The molecule has 6 heteroatoms. The van der Waals surface area contributed by atoms with E-state index in [-0.39, 0.29) is 17.5 Å². The second-order valence-electron chi connectivity index (χ2n) is 8.71. The van der Waals surface area contributed by atoms with Crippen LogP contribution >= 0.6 is 45.3 Å². The number of thiophene rings is 4. The molecule has 0 saturated heterocycles. The van der Waals surface area contributed by atoms with Gasteiger partial charge in [-0.3, -0.25) is 9.59 Å². The maximum Gasteiger partial charge on any atom is 0.195 e. The van der Waals surface area contributed by atoms with Crippen molar-refractivity contribution in [1.82, 2.24) is 0 Å². The van der Waals surface area contributed by atoms with Gasteiger partial charge in [0.2, 0.25) is 0 Å². The Kier molecular flexibility index (Phi) is 5.36. The highest BCUT2D eigenvalue weighted by Gasteiger charge is 2.43. The summed E-state index contributed by atoms with van der Waals surface area (Å²) in [5, 5.41) is 8.10. The lowest BCUT2D eigenvalue weighted by atomic mass is 9.69. The van der Waals surface area contributed by atoms with E-state index in [1.807, 2.05) is 76.1 Å². The first-order valence-electron chi connectivity index (χ1n) is 11.6. The zero-order valence-corrected chi connectivity index (χ0v) is 22.2. The summed E-state index contributed by atoms with van der Waals surface area (Å²) in [6.45, 7) is 0. The maximum atomic E-state index is 14.6. The smallest absolute Gasteiger partial charge is 0.195 e. The summed E-state index contributed by atoms with van der Waals surface area (Å²) in [5.41, 5.74) is 4.93. The van der Waals surface area contributed by atoms with Crippen molar-refractivity contribution in [2.24, 2.45) is 0 Å². The summed E-state index contributed by atoms with van der Waals surface area (Å²) in [5.74, 6) is -0.167. The van der Waals surface area contributed by atoms with Crippen LogP contribution in [0, 0.1) is 0 Å². The van der Waals surface area contributed by atoms with E-state index in [0.717, 1.165) is 36.2 Å². The van der Waals surface area contributed by atoms with E-state index in [1.54, 1.807) is 45.3 Å². The Labute approximate surface area is 224 Å². The van der Waals surface area contributed by atoms with Gasteiger partial charge < -0.3 is 0 Å². The van der Waals surface area contributed by atoms with Gasteiger partial charge in [0.05, 0.1) is 0 Å². The van der Waals surface area contributed by atoms with E-state index in [0.29, 0.717) is 28.7 Å². The number of carbonyl (C=O) groups excluding carboxylic acids is 2. The van der Waals surface area contributed by atoms with E-state index < -0.39 is 0 Å². The molecule has 36 heavy (non-hydrogen) atoms. The Morgan fingerprint density at radius 1 is 0.611 bits per heavy atom. The molecule has 0 fully saturated rings. The molecule has 1 unspecified atom stereocenters. The van der Waals surface area contributed by atoms with Crippen LogP contribution in [0.4, 0.5) is 0 Å². The summed E-state index contributed by atoms with van der Waals surface area (Å²) in [4.78, 5) is 33.4. The monoisotopic (exact) mass is 538 g/mol. The fraction of sp³-hybridized carbons (Fsp3) is 0.0667. The van der Waals surface area contributed by atoms with Crippen molar-refractivity contribution in [2.45, 2.75) is 12.3 Å². The number of hydrogen-bond donors (Lipinski definition) is 0. The molecule has 0 N–H and O–H groups in total. The minimum atomic E-state index is -0.116. The van der Waals surface area contributed by atoms with Crippen LogP contribution in [0.3, 0.4) is 0 Å². The fourth-order valence-electron chi connectivity index (χ4n) is 5.30. The minimum Gasteiger partial charge on any atom is -0.289 e. The Morgan fingerprint density at radius 3 is 1.72 bits per heavy atom. The number of benzene rings is 1. The van der Waals surface area contributed by atoms with Crippen LogP contribution in [-0.2, 0) is 0 Å². The van der Waals surface area contributed by atoms with Crippen molar-refractivity contribution < 1.29 is 9.59 Å². The van der Waals surface area contributed by atoms with Gasteiger partial charge in [0.15, 0.2) is 11.6 Å². The van der Waals surface area contributed by atoms with E-state index in [2.05, 4.69) is 12.1 Å². The van der Waals surface area contributed by atoms with E-state index >= 15 is 0 Å². The zero-order chi connectivity index (χ0) is 24.2. The van der Waals surface area contributed by atoms with Crippen LogP contribution in [0.5, 0.6) is 0 Å². The first kappa shape index (κ1) is 22.1. The average molecular weight is 539 g/mol. The van der Waals surface area contributed by atoms with Crippen molar-refractivity contribution in [3.8, 4) is 20.9 Å². The standard InChI is InChI=1S/C30H18O2S4/c31-29-25-17(21-5-1-13-33-21)9-10-18(22-6-2-14-34-22)26(25)30(32)28-20(24-8-4-16-36-24)12-11-19(27(28)29)23-7-3-15-35-23/h1-11,13-16,20H,12H2. The van der Waals surface area contributed by atoms with Gasteiger partial charge in [-0.15, -0.1) is 45.3 Å². The van der Waals surface area contributed by atoms with E-state index in [9.17, 15) is 9.59 Å². The molecule has 0 spiro atoms. The fourth-order valence-corrected chi connectivity index (χ4v) is 8.44. The van der Waals surface area contributed by atoms with Gasteiger partial charge in [-0.05, 0) is 57.8 Å². The molecule has 4 heterocycles. The maximum absolute atomic E-state index is 14.6. The summed E-state index contributed by atoms with van der Waals surface area (Å²) in [6.07, 6.45) is 2.87. The Morgan fingerprint density at radius 2 is 1.17 bits per heavy atom. The average Bonchev–Trinajstić information content (AvgIpc) is 3.73. The lowest BCUT2D eigenvalue weighted by Crippen LogP contribution is -2.29. The van der Waals surface area contributed by atoms with Gasteiger partial charge in [0.25, 0.3) is 0 Å². The third-order valence-electron chi connectivity index (χ3n) is 6.82. The predicted molar refractivity (Wildman–Crippen MR) is 153 cm³/mol. The van der Waals surface area contributed by atoms with E-state index in [1.165, 1.54) is 0 Å². The van der Waals surface area contributed by atoms with Gasteiger partial charge in [0.1, 0.15) is 0 Å². The third-order valence-corrected chi connectivity index (χ3v) is 10.5. The lowest BCUT2D eigenvalue weighted by Gasteiger charge is -2.32. The normalized spacial score (nSPS) is 17.2. The third kappa shape index (κ3) is 3.33. The topological polar surface area (TPSA) is 34.1 Å². The number of allylic oxidation sites excluding steroid dienone is 4.